The molecule has 1 N–H and O–H groups in total. The minimum atomic E-state index is -0.749. The lowest BCUT2D eigenvalue weighted by molar-refractivity contribution is -0.141. The van der Waals surface area contributed by atoms with E-state index >= 15 is 0 Å². The Morgan fingerprint density at radius 1 is 1.39 bits per heavy atom. The molecule has 96 valence electrons. The van der Waals surface area contributed by atoms with E-state index in [0.29, 0.717) is 18.0 Å². The number of likely N-dealkylation sites (N-methyl/N-ethyl adjacent to an activating group) is 1. The predicted octanol–water partition coefficient (Wildman–Crippen LogP) is 1.15. The largest absolute Gasteiger partial charge is 0.481 e. The van der Waals surface area contributed by atoms with E-state index in [1.54, 1.807) is 0 Å². The van der Waals surface area contributed by atoms with Crippen molar-refractivity contribution in [3.8, 4) is 11.5 Å². The van der Waals surface area contributed by atoms with Crippen LogP contribution in [-0.2, 0) is 4.79 Å². The first-order valence-electron chi connectivity index (χ1n) is 5.96. The van der Waals surface area contributed by atoms with E-state index in [1.165, 1.54) is 0 Å². The van der Waals surface area contributed by atoms with Crippen LogP contribution in [0, 0.1) is 5.92 Å². The van der Waals surface area contributed by atoms with Crippen LogP contribution >= 0.6 is 0 Å². The van der Waals surface area contributed by atoms with Gasteiger partial charge in [0.25, 0.3) is 0 Å². The van der Waals surface area contributed by atoms with Crippen molar-refractivity contribution in [1.82, 2.24) is 4.90 Å². The van der Waals surface area contributed by atoms with Gasteiger partial charge in [-0.05, 0) is 13.1 Å². The van der Waals surface area contributed by atoms with Crippen molar-refractivity contribution in [3.63, 3.8) is 0 Å². The second-order valence-electron chi connectivity index (χ2n) is 4.85. The van der Waals surface area contributed by atoms with Gasteiger partial charge in [-0.15, -0.1) is 0 Å². The Hall–Kier alpha value is -1.75. The van der Waals surface area contributed by atoms with Crippen LogP contribution in [0.5, 0.6) is 11.5 Å². The van der Waals surface area contributed by atoms with E-state index in [0.717, 1.165) is 12.1 Å². The molecule has 0 spiro atoms. The summed E-state index contributed by atoms with van der Waals surface area (Å²) in [4.78, 5) is 13.4. The number of ether oxygens (including phenoxy) is 2. The van der Waals surface area contributed by atoms with Crippen LogP contribution in [-0.4, -0.2) is 42.9 Å². The van der Waals surface area contributed by atoms with Gasteiger partial charge < -0.3 is 19.5 Å². The van der Waals surface area contributed by atoms with Crippen molar-refractivity contribution >= 4 is 5.97 Å². The highest BCUT2D eigenvalue weighted by atomic mass is 16.7. The molecule has 1 aromatic carbocycles. The fourth-order valence-corrected chi connectivity index (χ4v) is 2.81. The van der Waals surface area contributed by atoms with E-state index in [-0.39, 0.29) is 18.6 Å². The molecule has 3 rings (SSSR count). The maximum Gasteiger partial charge on any atom is 0.308 e. The quantitative estimate of drug-likeness (QED) is 0.852. The van der Waals surface area contributed by atoms with E-state index < -0.39 is 5.97 Å². The Balaban J connectivity index is 1.99. The molecule has 2 atom stereocenters. The molecule has 0 saturated carbocycles. The summed E-state index contributed by atoms with van der Waals surface area (Å²) in [5.74, 6) is 0.256. The number of likely N-dealkylation sites (tertiary alicyclic amines) is 1. The number of fused-ring (bicyclic) bond motifs is 1. The Kier molecular flexibility index (Phi) is 2.63. The van der Waals surface area contributed by atoms with Gasteiger partial charge in [-0.2, -0.15) is 0 Å². The Morgan fingerprint density at radius 3 is 3.00 bits per heavy atom. The highest BCUT2D eigenvalue weighted by Crippen LogP contribution is 2.43. The molecule has 2 unspecified atom stereocenters. The summed E-state index contributed by atoms with van der Waals surface area (Å²) >= 11 is 0. The second kappa shape index (κ2) is 4.17. The lowest BCUT2D eigenvalue weighted by Gasteiger charge is -2.16. The summed E-state index contributed by atoms with van der Waals surface area (Å²) < 4.78 is 10.8. The number of rotatable bonds is 2. The number of benzene rings is 1. The molecule has 1 fully saturated rings. The van der Waals surface area contributed by atoms with Crippen molar-refractivity contribution < 1.29 is 19.4 Å². The molecule has 2 aliphatic heterocycles. The van der Waals surface area contributed by atoms with Gasteiger partial charge in [-0.25, -0.2) is 0 Å². The summed E-state index contributed by atoms with van der Waals surface area (Å²) in [6.07, 6.45) is 0. The maximum absolute atomic E-state index is 11.3. The molecule has 2 heterocycles. The van der Waals surface area contributed by atoms with Crippen molar-refractivity contribution in [2.45, 2.75) is 5.92 Å². The van der Waals surface area contributed by atoms with Crippen LogP contribution < -0.4 is 9.47 Å². The van der Waals surface area contributed by atoms with Crippen LogP contribution in [0.25, 0.3) is 0 Å². The average molecular weight is 249 g/mol. The third kappa shape index (κ3) is 1.71. The summed E-state index contributed by atoms with van der Waals surface area (Å²) in [5.41, 5.74) is 0.946. The molecule has 0 radical (unpaired) electrons. The molecular weight excluding hydrogens is 234 g/mol. The van der Waals surface area contributed by atoms with E-state index in [1.807, 2.05) is 30.1 Å². The Morgan fingerprint density at radius 2 is 2.22 bits per heavy atom. The lowest BCUT2D eigenvalue weighted by atomic mass is 9.88. The van der Waals surface area contributed by atoms with Gasteiger partial charge in [0.05, 0.1) is 5.92 Å². The smallest absolute Gasteiger partial charge is 0.308 e. The third-order valence-electron chi connectivity index (χ3n) is 3.65. The summed E-state index contributed by atoms with van der Waals surface area (Å²) in [7, 11) is 1.94. The van der Waals surface area contributed by atoms with Crippen LogP contribution in [0.2, 0.25) is 0 Å². The summed E-state index contributed by atoms with van der Waals surface area (Å²) in [6, 6.07) is 5.67. The normalized spacial score (nSPS) is 26.5. The van der Waals surface area contributed by atoms with Crippen LogP contribution in [0.15, 0.2) is 18.2 Å². The van der Waals surface area contributed by atoms with E-state index in [2.05, 4.69) is 0 Å². The zero-order valence-corrected chi connectivity index (χ0v) is 10.1. The first kappa shape index (κ1) is 11.3. The SMILES string of the molecule is CN1CC(C(=O)O)C(c2cccc3c2OCO3)C1. The number of para-hydroxylation sites is 1. The van der Waals surface area contributed by atoms with E-state index in [9.17, 15) is 9.90 Å². The summed E-state index contributed by atoms with van der Waals surface area (Å²) in [6.45, 7) is 1.52. The van der Waals surface area contributed by atoms with Crippen LogP contribution in [0.3, 0.4) is 0 Å². The van der Waals surface area contributed by atoms with E-state index in [4.69, 9.17) is 9.47 Å². The first-order chi connectivity index (χ1) is 8.66. The van der Waals surface area contributed by atoms with Crippen molar-refractivity contribution in [2.75, 3.05) is 26.9 Å². The van der Waals surface area contributed by atoms with Gasteiger partial charge in [0.2, 0.25) is 6.79 Å². The number of carboxylic acid groups (broad SMARTS) is 1. The minimum Gasteiger partial charge on any atom is -0.481 e. The monoisotopic (exact) mass is 249 g/mol. The molecule has 1 saturated heterocycles. The second-order valence-corrected chi connectivity index (χ2v) is 4.85. The lowest BCUT2D eigenvalue weighted by Crippen LogP contribution is -2.21. The minimum absolute atomic E-state index is 0.0378. The van der Waals surface area contributed by atoms with Gasteiger partial charge in [-0.3, -0.25) is 4.79 Å². The number of carboxylic acids is 1. The van der Waals surface area contributed by atoms with Crippen molar-refractivity contribution in [1.29, 1.82) is 0 Å². The first-order valence-corrected chi connectivity index (χ1v) is 5.96. The zero-order valence-electron chi connectivity index (χ0n) is 10.1. The molecule has 0 aliphatic carbocycles. The molecular formula is C13H15NO4. The average Bonchev–Trinajstić information content (AvgIpc) is 2.94. The Labute approximate surface area is 105 Å². The zero-order chi connectivity index (χ0) is 12.7. The molecule has 5 nitrogen and oxygen atoms in total. The van der Waals surface area contributed by atoms with Crippen LogP contribution in [0.1, 0.15) is 11.5 Å². The van der Waals surface area contributed by atoms with Gasteiger partial charge in [0, 0.05) is 24.6 Å². The highest BCUT2D eigenvalue weighted by molar-refractivity contribution is 5.73. The fraction of sp³-hybridized carbons (Fsp3) is 0.462. The molecule has 2 aliphatic rings. The summed E-state index contributed by atoms with van der Waals surface area (Å²) in [5, 5.41) is 9.31. The number of aliphatic carboxylic acids is 1. The van der Waals surface area contributed by atoms with Gasteiger partial charge >= 0.3 is 5.97 Å². The maximum atomic E-state index is 11.3. The van der Waals surface area contributed by atoms with Gasteiger partial charge in [-0.1, -0.05) is 12.1 Å². The molecule has 0 bridgehead atoms. The molecule has 0 aromatic heterocycles. The van der Waals surface area contributed by atoms with Gasteiger partial charge in [0.15, 0.2) is 11.5 Å². The Bertz CT molecular complexity index is 488. The molecule has 18 heavy (non-hydrogen) atoms. The number of hydrogen-bond acceptors (Lipinski definition) is 4. The number of hydrogen-bond donors (Lipinski definition) is 1. The standard InChI is InChI=1S/C13H15NO4/c1-14-5-9(10(6-14)13(15)16)8-3-2-4-11-12(8)18-7-17-11/h2-4,9-10H,5-7H2,1H3,(H,15,16). The molecule has 1 aromatic rings. The van der Waals surface area contributed by atoms with Crippen LogP contribution in [0.4, 0.5) is 0 Å². The highest BCUT2D eigenvalue weighted by Gasteiger charge is 2.39. The molecule has 0 amide bonds. The molecule has 5 heteroatoms. The van der Waals surface area contributed by atoms with Gasteiger partial charge in [0.1, 0.15) is 0 Å². The number of carbonyl (C=O) groups is 1. The number of nitrogens with zero attached hydrogens (tertiary/aromatic N) is 1. The van der Waals surface area contributed by atoms with Crippen molar-refractivity contribution in [3.05, 3.63) is 23.8 Å². The fourth-order valence-electron chi connectivity index (χ4n) is 2.81. The predicted molar refractivity (Wildman–Crippen MR) is 63.9 cm³/mol. The third-order valence-corrected chi connectivity index (χ3v) is 3.65. The topological polar surface area (TPSA) is 59.0 Å². The van der Waals surface area contributed by atoms with Crippen molar-refractivity contribution in [2.24, 2.45) is 5.92 Å².